The number of anilines is 1. The second-order valence-corrected chi connectivity index (χ2v) is 6.78. The minimum atomic E-state index is 0.00885. The third-order valence-electron chi connectivity index (χ3n) is 4.75. The Balaban J connectivity index is 1.42. The molecule has 1 N–H and O–H groups in total. The lowest BCUT2D eigenvalue weighted by atomic mass is 10.1. The molecule has 4 rings (SSSR count). The number of ether oxygens (including phenoxy) is 2. The van der Waals surface area contributed by atoms with Crippen molar-refractivity contribution in [3.63, 3.8) is 0 Å². The largest absolute Gasteiger partial charge is 0.493 e. The average Bonchev–Trinajstić information content (AvgIpc) is 3.27. The second-order valence-electron chi connectivity index (χ2n) is 6.78. The topological polar surface area (TPSA) is 89.7 Å². The van der Waals surface area contributed by atoms with E-state index < -0.39 is 0 Å². The number of carbonyl (C=O) groups is 1. The summed E-state index contributed by atoms with van der Waals surface area (Å²) in [6.45, 7) is 5.22. The Kier molecular flexibility index (Phi) is 6.24. The van der Waals surface area contributed by atoms with Crippen molar-refractivity contribution in [2.75, 3.05) is 38.2 Å². The van der Waals surface area contributed by atoms with Crippen molar-refractivity contribution in [3.8, 4) is 17.1 Å². The molecule has 30 heavy (non-hydrogen) atoms. The molecule has 8 heteroatoms. The van der Waals surface area contributed by atoms with Crippen LogP contribution in [0.2, 0.25) is 0 Å². The summed E-state index contributed by atoms with van der Waals surface area (Å²) >= 11 is 0. The first-order valence-corrected chi connectivity index (χ1v) is 10.0. The van der Waals surface area contributed by atoms with Crippen molar-refractivity contribution in [3.05, 3.63) is 60.0 Å². The van der Waals surface area contributed by atoms with Gasteiger partial charge in [-0.1, -0.05) is 23.4 Å². The van der Waals surface area contributed by atoms with Crippen LogP contribution in [-0.4, -0.2) is 53.9 Å². The van der Waals surface area contributed by atoms with Crippen LogP contribution in [0.5, 0.6) is 5.75 Å². The fraction of sp³-hybridized carbons (Fsp3) is 0.318. The molecule has 0 atom stereocenters. The maximum Gasteiger partial charge on any atom is 0.254 e. The Morgan fingerprint density at radius 1 is 1.17 bits per heavy atom. The molecular formula is C22H24N4O4. The number of carbonyl (C=O) groups excluding carboxylic acids is 1. The van der Waals surface area contributed by atoms with Crippen LogP contribution < -0.4 is 10.1 Å². The molecule has 1 aliphatic heterocycles. The van der Waals surface area contributed by atoms with Gasteiger partial charge in [0.15, 0.2) is 0 Å². The number of rotatable bonds is 7. The van der Waals surface area contributed by atoms with Crippen LogP contribution in [0.25, 0.3) is 11.4 Å². The molecule has 156 valence electrons. The minimum Gasteiger partial charge on any atom is -0.493 e. The van der Waals surface area contributed by atoms with Crippen LogP contribution in [0.4, 0.5) is 5.69 Å². The van der Waals surface area contributed by atoms with Gasteiger partial charge in [0.05, 0.1) is 31.9 Å². The fourth-order valence-corrected chi connectivity index (χ4v) is 3.26. The van der Waals surface area contributed by atoms with Gasteiger partial charge in [0.2, 0.25) is 11.7 Å². The van der Waals surface area contributed by atoms with Crippen molar-refractivity contribution in [2.24, 2.45) is 0 Å². The number of hydrogen-bond donors (Lipinski definition) is 1. The molecule has 8 nitrogen and oxygen atoms in total. The summed E-state index contributed by atoms with van der Waals surface area (Å²) in [6, 6.07) is 15.0. The Morgan fingerprint density at radius 2 is 2.00 bits per heavy atom. The molecule has 3 aromatic rings. The number of nitrogens with zero attached hydrogens (tertiary/aromatic N) is 3. The zero-order valence-corrected chi connectivity index (χ0v) is 16.8. The zero-order chi connectivity index (χ0) is 20.8. The van der Waals surface area contributed by atoms with E-state index in [9.17, 15) is 4.79 Å². The van der Waals surface area contributed by atoms with Crippen LogP contribution in [0.1, 0.15) is 23.2 Å². The van der Waals surface area contributed by atoms with Crippen molar-refractivity contribution in [1.82, 2.24) is 15.0 Å². The third kappa shape index (κ3) is 4.60. The van der Waals surface area contributed by atoms with Crippen LogP contribution in [0.3, 0.4) is 0 Å². The average molecular weight is 408 g/mol. The van der Waals surface area contributed by atoms with E-state index in [1.807, 2.05) is 60.4 Å². The Bertz CT molecular complexity index is 998. The van der Waals surface area contributed by atoms with Crippen LogP contribution in [-0.2, 0) is 11.3 Å². The summed E-state index contributed by atoms with van der Waals surface area (Å²) in [6.07, 6.45) is 0. The van der Waals surface area contributed by atoms with E-state index in [1.54, 1.807) is 0 Å². The number of para-hydroxylation sites is 1. The zero-order valence-electron chi connectivity index (χ0n) is 16.8. The first kappa shape index (κ1) is 19.9. The van der Waals surface area contributed by atoms with Crippen molar-refractivity contribution < 1.29 is 18.8 Å². The molecular weight excluding hydrogens is 384 g/mol. The molecule has 0 spiro atoms. The molecule has 1 fully saturated rings. The molecule has 0 saturated carbocycles. The monoisotopic (exact) mass is 408 g/mol. The van der Waals surface area contributed by atoms with Gasteiger partial charge in [0, 0.05) is 24.3 Å². The molecule has 2 heterocycles. The van der Waals surface area contributed by atoms with Gasteiger partial charge >= 0.3 is 0 Å². The molecule has 0 unspecified atom stereocenters. The van der Waals surface area contributed by atoms with Gasteiger partial charge < -0.3 is 24.2 Å². The van der Waals surface area contributed by atoms with Crippen LogP contribution >= 0.6 is 0 Å². The van der Waals surface area contributed by atoms with Gasteiger partial charge in [-0.05, 0) is 37.3 Å². The highest BCUT2D eigenvalue weighted by molar-refractivity contribution is 5.95. The van der Waals surface area contributed by atoms with Crippen molar-refractivity contribution in [2.45, 2.75) is 13.5 Å². The summed E-state index contributed by atoms with van der Waals surface area (Å²) < 4.78 is 16.3. The smallest absolute Gasteiger partial charge is 0.254 e. The highest BCUT2D eigenvalue weighted by atomic mass is 16.5. The summed E-state index contributed by atoms with van der Waals surface area (Å²) in [4.78, 5) is 18.9. The Labute approximate surface area is 174 Å². The van der Waals surface area contributed by atoms with E-state index >= 15 is 0 Å². The molecule has 0 radical (unpaired) electrons. The van der Waals surface area contributed by atoms with E-state index in [2.05, 4.69) is 15.5 Å². The Morgan fingerprint density at radius 3 is 2.83 bits per heavy atom. The quantitative estimate of drug-likeness (QED) is 0.642. The number of aromatic nitrogens is 2. The standard InChI is InChI=1S/C22H24N4O4/c1-2-29-19-9-4-3-8-18(19)21-24-20(30-25-21)15-23-17-7-5-6-16(14-17)22(27)26-10-12-28-13-11-26/h3-9,14,23H,2,10-13,15H2,1H3. The van der Waals surface area contributed by atoms with Crippen molar-refractivity contribution >= 4 is 11.6 Å². The lowest BCUT2D eigenvalue weighted by molar-refractivity contribution is 0.0303. The SMILES string of the molecule is CCOc1ccccc1-c1noc(CNc2cccc(C(=O)N3CCOCC3)c2)n1. The number of nitrogens with one attached hydrogen (secondary N) is 1. The van der Waals surface area contributed by atoms with E-state index in [0.29, 0.717) is 56.7 Å². The fourth-order valence-electron chi connectivity index (χ4n) is 3.26. The number of hydrogen-bond acceptors (Lipinski definition) is 7. The van der Waals surface area contributed by atoms with E-state index in [-0.39, 0.29) is 5.91 Å². The highest BCUT2D eigenvalue weighted by Gasteiger charge is 2.19. The van der Waals surface area contributed by atoms with Crippen LogP contribution in [0, 0.1) is 0 Å². The first-order chi connectivity index (χ1) is 14.7. The predicted molar refractivity (Wildman–Crippen MR) is 111 cm³/mol. The van der Waals surface area contributed by atoms with E-state index in [4.69, 9.17) is 14.0 Å². The number of benzene rings is 2. The summed E-state index contributed by atoms with van der Waals surface area (Å²) in [5.74, 6) is 1.65. The minimum absolute atomic E-state index is 0.00885. The van der Waals surface area contributed by atoms with Gasteiger partial charge in [-0.15, -0.1) is 0 Å². The van der Waals surface area contributed by atoms with E-state index in [1.165, 1.54) is 0 Å². The third-order valence-corrected chi connectivity index (χ3v) is 4.75. The molecule has 1 aliphatic rings. The summed E-state index contributed by atoms with van der Waals surface area (Å²) in [5, 5.41) is 7.31. The van der Waals surface area contributed by atoms with Gasteiger partial charge in [-0.2, -0.15) is 4.98 Å². The lowest BCUT2D eigenvalue weighted by Gasteiger charge is -2.27. The number of morpholine rings is 1. The number of amides is 1. The summed E-state index contributed by atoms with van der Waals surface area (Å²) in [7, 11) is 0. The molecule has 1 amide bonds. The summed E-state index contributed by atoms with van der Waals surface area (Å²) in [5.41, 5.74) is 2.23. The maximum absolute atomic E-state index is 12.7. The van der Waals surface area contributed by atoms with Gasteiger partial charge in [0.1, 0.15) is 5.75 Å². The molecule has 1 saturated heterocycles. The molecule has 1 aromatic heterocycles. The molecule has 2 aromatic carbocycles. The predicted octanol–water partition coefficient (Wildman–Crippen LogP) is 3.22. The molecule has 0 aliphatic carbocycles. The van der Waals surface area contributed by atoms with Gasteiger partial charge in [-0.3, -0.25) is 4.79 Å². The normalized spacial score (nSPS) is 13.8. The first-order valence-electron chi connectivity index (χ1n) is 10.0. The van der Waals surface area contributed by atoms with Gasteiger partial charge in [0.25, 0.3) is 5.91 Å². The Hall–Kier alpha value is -3.39. The van der Waals surface area contributed by atoms with Gasteiger partial charge in [-0.25, -0.2) is 0 Å². The second kappa shape index (κ2) is 9.41. The highest BCUT2D eigenvalue weighted by Crippen LogP contribution is 2.27. The lowest BCUT2D eigenvalue weighted by Crippen LogP contribution is -2.40. The van der Waals surface area contributed by atoms with E-state index in [0.717, 1.165) is 17.0 Å². The molecule has 0 bridgehead atoms. The van der Waals surface area contributed by atoms with Crippen molar-refractivity contribution in [1.29, 1.82) is 0 Å². The van der Waals surface area contributed by atoms with Crippen LogP contribution in [0.15, 0.2) is 53.1 Å². The maximum atomic E-state index is 12.7.